The van der Waals surface area contributed by atoms with Gasteiger partial charge >= 0.3 is 0 Å². The number of benzene rings is 1. The van der Waals surface area contributed by atoms with E-state index in [2.05, 4.69) is 20.5 Å². The van der Waals surface area contributed by atoms with E-state index in [-0.39, 0.29) is 12.3 Å². The van der Waals surface area contributed by atoms with E-state index in [4.69, 9.17) is 21.7 Å². The highest BCUT2D eigenvalue weighted by molar-refractivity contribution is 7.71. The predicted molar refractivity (Wildman–Crippen MR) is 107 cm³/mol. The molecule has 0 bridgehead atoms. The number of aromatic amines is 1. The number of nitrogens with one attached hydrogen (secondary N) is 2. The number of hydrogen-bond acceptors (Lipinski definition) is 6. The molecule has 0 aliphatic heterocycles. The van der Waals surface area contributed by atoms with E-state index in [9.17, 15) is 4.79 Å². The van der Waals surface area contributed by atoms with Crippen LogP contribution in [0.5, 0.6) is 11.6 Å². The van der Waals surface area contributed by atoms with Gasteiger partial charge in [0.1, 0.15) is 5.75 Å². The normalized spacial score (nSPS) is 10.5. The highest BCUT2D eigenvalue weighted by Crippen LogP contribution is 2.21. The fourth-order valence-electron chi connectivity index (χ4n) is 2.72. The summed E-state index contributed by atoms with van der Waals surface area (Å²) in [5, 5.41) is 9.95. The third-order valence-electron chi connectivity index (χ3n) is 4.19. The van der Waals surface area contributed by atoms with Crippen LogP contribution in [-0.4, -0.2) is 39.9 Å². The summed E-state index contributed by atoms with van der Waals surface area (Å²) in [6.45, 7) is 0.755. The molecule has 3 rings (SSSR count). The first-order valence-electron chi connectivity index (χ1n) is 8.66. The number of nitrogens with zero attached hydrogens (tertiary/aromatic N) is 3. The van der Waals surface area contributed by atoms with Crippen LogP contribution < -0.4 is 14.8 Å². The first-order chi connectivity index (χ1) is 13.6. The maximum absolute atomic E-state index is 12.3. The number of aromatic nitrogens is 4. The van der Waals surface area contributed by atoms with Crippen molar-refractivity contribution < 1.29 is 14.3 Å². The summed E-state index contributed by atoms with van der Waals surface area (Å²) in [7, 11) is 3.17. The maximum atomic E-state index is 12.3. The highest BCUT2D eigenvalue weighted by atomic mass is 32.1. The molecule has 0 fully saturated rings. The van der Waals surface area contributed by atoms with Gasteiger partial charge in [-0.15, -0.1) is 0 Å². The van der Waals surface area contributed by atoms with Crippen LogP contribution in [-0.2, 0) is 17.9 Å². The van der Waals surface area contributed by atoms with E-state index in [0.717, 1.165) is 16.9 Å². The molecule has 2 aromatic heterocycles. The number of carbonyl (C=O) groups is 1. The van der Waals surface area contributed by atoms with Crippen molar-refractivity contribution in [1.29, 1.82) is 0 Å². The SMILES string of the molecule is COc1ccc(-c2n[nH]c(=S)n2CCC(=O)NCc2cccnc2OC)cc1. The second-order valence-electron chi connectivity index (χ2n) is 5.93. The Morgan fingerprint density at radius 1 is 1.21 bits per heavy atom. The van der Waals surface area contributed by atoms with Gasteiger partial charge in [-0.3, -0.25) is 14.5 Å². The Hall–Kier alpha value is -3.20. The first kappa shape index (κ1) is 19.6. The Balaban J connectivity index is 1.63. The summed E-state index contributed by atoms with van der Waals surface area (Å²) in [5.41, 5.74) is 1.70. The van der Waals surface area contributed by atoms with Gasteiger partial charge in [-0.2, -0.15) is 5.10 Å². The molecule has 0 aliphatic carbocycles. The van der Waals surface area contributed by atoms with Crippen LogP contribution in [0.15, 0.2) is 42.6 Å². The van der Waals surface area contributed by atoms with Gasteiger partial charge in [-0.05, 0) is 42.5 Å². The van der Waals surface area contributed by atoms with Crippen LogP contribution in [0.4, 0.5) is 0 Å². The lowest BCUT2D eigenvalue weighted by Gasteiger charge is -2.10. The minimum atomic E-state index is -0.102. The van der Waals surface area contributed by atoms with Crippen molar-refractivity contribution >= 4 is 18.1 Å². The summed E-state index contributed by atoms with van der Waals surface area (Å²) >= 11 is 5.31. The number of rotatable bonds is 8. The Kier molecular flexibility index (Phi) is 6.38. The first-order valence-corrected chi connectivity index (χ1v) is 9.07. The molecule has 0 unspecified atom stereocenters. The second kappa shape index (κ2) is 9.14. The van der Waals surface area contributed by atoms with Gasteiger partial charge in [-0.1, -0.05) is 6.07 Å². The van der Waals surface area contributed by atoms with Crippen LogP contribution >= 0.6 is 12.2 Å². The quantitative estimate of drug-likeness (QED) is 0.566. The van der Waals surface area contributed by atoms with Crippen LogP contribution in [0.3, 0.4) is 0 Å². The maximum Gasteiger partial charge on any atom is 0.222 e. The van der Waals surface area contributed by atoms with Crippen molar-refractivity contribution in [1.82, 2.24) is 25.1 Å². The van der Waals surface area contributed by atoms with Gasteiger partial charge in [0.05, 0.1) is 14.2 Å². The fourth-order valence-corrected chi connectivity index (χ4v) is 2.95. The molecule has 9 heteroatoms. The summed E-state index contributed by atoms with van der Waals surface area (Å²) in [6, 6.07) is 11.2. The molecule has 8 nitrogen and oxygen atoms in total. The molecule has 0 saturated carbocycles. The van der Waals surface area contributed by atoms with Crippen molar-refractivity contribution in [2.45, 2.75) is 19.5 Å². The number of methoxy groups -OCH3 is 2. The molecular formula is C19H21N5O3S. The molecule has 0 saturated heterocycles. The Morgan fingerprint density at radius 3 is 2.71 bits per heavy atom. The third-order valence-corrected chi connectivity index (χ3v) is 4.50. The molecule has 0 radical (unpaired) electrons. The number of ether oxygens (including phenoxy) is 2. The fraction of sp³-hybridized carbons (Fsp3) is 0.263. The van der Waals surface area contributed by atoms with Crippen LogP contribution in [0.2, 0.25) is 0 Å². The van der Waals surface area contributed by atoms with Crippen molar-refractivity contribution in [3.8, 4) is 23.0 Å². The molecule has 1 aromatic carbocycles. The van der Waals surface area contributed by atoms with Gasteiger partial charge in [0.25, 0.3) is 0 Å². The molecule has 2 heterocycles. The smallest absolute Gasteiger partial charge is 0.222 e. The van der Waals surface area contributed by atoms with E-state index < -0.39 is 0 Å². The lowest BCUT2D eigenvalue weighted by atomic mass is 10.2. The van der Waals surface area contributed by atoms with Crippen molar-refractivity contribution in [2.24, 2.45) is 0 Å². The second-order valence-corrected chi connectivity index (χ2v) is 6.32. The molecule has 2 N–H and O–H groups in total. The van der Waals surface area contributed by atoms with Gasteiger partial charge in [0.2, 0.25) is 11.8 Å². The monoisotopic (exact) mass is 399 g/mol. The number of H-pyrrole nitrogens is 1. The minimum Gasteiger partial charge on any atom is -0.497 e. The Bertz CT molecular complexity index is 997. The summed E-state index contributed by atoms with van der Waals surface area (Å²) in [4.78, 5) is 16.4. The van der Waals surface area contributed by atoms with E-state index in [0.29, 0.717) is 29.6 Å². The average molecular weight is 399 g/mol. The summed E-state index contributed by atoms with van der Waals surface area (Å²) in [6.07, 6.45) is 1.91. The number of pyridine rings is 1. The van der Waals surface area contributed by atoms with Crippen LogP contribution in [0.1, 0.15) is 12.0 Å². The van der Waals surface area contributed by atoms with Crippen molar-refractivity contribution in [3.05, 3.63) is 52.9 Å². The van der Waals surface area contributed by atoms with Gasteiger partial charge < -0.3 is 14.8 Å². The van der Waals surface area contributed by atoms with Crippen LogP contribution in [0, 0.1) is 4.77 Å². The third kappa shape index (κ3) is 4.55. The highest BCUT2D eigenvalue weighted by Gasteiger charge is 2.11. The Labute approximate surface area is 167 Å². The van der Waals surface area contributed by atoms with Gasteiger partial charge in [0, 0.05) is 36.8 Å². The van der Waals surface area contributed by atoms with Gasteiger partial charge in [0.15, 0.2) is 10.6 Å². The lowest BCUT2D eigenvalue weighted by Crippen LogP contribution is -2.24. The van der Waals surface area contributed by atoms with E-state index in [1.165, 1.54) is 0 Å². The summed E-state index contributed by atoms with van der Waals surface area (Å²) in [5.74, 6) is 1.83. The topological polar surface area (TPSA) is 94.1 Å². The molecule has 0 spiro atoms. The predicted octanol–water partition coefficient (Wildman–Crippen LogP) is 2.73. The minimum absolute atomic E-state index is 0.102. The van der Waals surface area contributed by atoms with Crippen molar-refractivity contribution in [2.75, 3.05) is 14.2 Å². The van der Waals surface area contributed by atoms with E-state index in [1.54, 1.807) is 31.0 Å². The standard InChI is InChI=1S/C19H21N5O3S/c1-26-15-7-5-13(6-8-15)17-22-23-19(28)24(17)11-9-16(25)21-12-14-4-3-10-20-18(14)27-2/h3-8,10H,9,11-12H2,1-2H3,(H,21,25)(H,23,28). The van der Waals surface area contributed by atoms with E-state index >= 15 is 0 Å². The molecule has 3 aromatic rings. The molecule has 0 atom stereocenters. The molecule has 28 heavy (non-hydrogen) atoms. The summed E-state index contributed by atoms with van der Waals surface area (Å²) < 4.78 is 12.6. The lowest BCUT2D eigenvalue weighted by molar-refractivity contribution is -0.121. The molecule has 1 amide bonds. The number of carbonyl (C=O) groups excluding carboxylic acids is 1. The number of hydrogen-bond donors (Lipinski definition) is 2. The zero-order valence-electron chi connectivity index (χ0n) is 15.6. The average Bonchev–Trinajstić information content (AvgIpc) is 3.11. The molecule has 146 valence electrons. The largest absolute Gasteiger partial charge is 0.497 e. The molecule has 0 aliphatic rings. The van der Waals surface area contributed by atoms with Crippen LogP contribution in [0.25, 0.3) is 11.4 Å². The molecular weight excluding hydrogens is 378 g/mol. The number of amides is 1. The van der Waals surface area contributed by atoms with Gasteiger partial charge in [-0.25, -0.2) is 4.98 Å². The Morgan fingerprint density at radius 2 is 2.00 bits per heavy atom. The zero-order chi connectivity index (χ0) is 19.9. The van der Waals surface area contributed by atoms with E-state index in [1.807, 2.05) is 30.3 Å². The zero-order valence-corrected chi connectivity index (χ0v) is 16.5. The van der Waals surface area contributed by atoms with Crippen molar-refractivity contribution in [3.63, 3.8) is 0 Å².